The smallest absolute Gasteiger partial charge is 0.221 e. The van der Waals surface area contributed by atoms with Gasteiger partial charge in [0.05, 0.1) is 63.4 Å². The first kappa shape index (κ1) is 23.0. The topological polar surface area (TPSA) is 96.2 Å². The highest BCUT2D eigenvalue weighted by Crippen LogP contribution is 2.39. The van der Waals surface area contributed by atoms with Gasteiger partial charge in [0.15, 0.2) is 5.13 Å². The molecule has 8 nitrogen and oxygen atoms in total. The molecule has 2 aromatic heterocycles. The highest BCUT2D eigenvalue weighted by molar-refractivity contribution is 7.22. The van der Waals surface area contributed by atoms with Gasteiger partial charge in [-0.15, -0.1) is 0 Å². The number of hydrogen-bond donors (Lipinski definition) is 1. The first-order valence-corrected chi connectivity index (χ1v) is 12.9. The van der Waals surface area contributed by atoms with Crippen LogP contribution >= 0.6 is 22.9 Å². The summed E-state index contributed by atoms with van der Waals surface area (Å²) in [5, 5.41) is 13.8. The first-order chi connectivity index (χ1) is 17.6. The number of thiazole rings is 1. The minimum absolute atomic E-state index is 0.00878. The molecule has 4 aromatic rings. The Morgan fingerprint density at radius 1 is 1.17 bits per heavy atom. The van der Waals surface area contributed by atoms with Crippen molar-refractivity contribution < 1.29 is 9.47 Å². The van der Waals surface area contributed by atoms with Crippen LogP contribution in [0.1, 0.15) is 24.0 Å². The number of ether oxygens (including phenoxy) is 2. The number of para-hydroxylation sites is 1. The van der Waals surface area contributed by atoms with Gasteiger partial charge in [0.1, 0.15) is 18.2 Å². The lowest BCUT2D eigenvalue weighted by molar-refractivity contribution is 0.00757. The second-order valence-corrected chi connectivity index (χ2v) is 10.4. The molecule has 0 aliphatic carbocycles. The van der Waals surface area contributed by atoms with Crippen LogP contribution in [0, 0.1) is 18.3 Å². The van der Waals surface area contributed by atoms with E-state index in [2.05, 4.69) is 44.5 Å². The number of anilines is 3. The SMILES string of the molecule is Cc1c(Nc2ccc(C#N)cc2Cl)ncnc1OC1CC2COCC(C1)N2c1nc2ccccc2s1. The van der Waals surface area contributed by atoms with Crippen molar-refractivity contribution in [2.24, 2.45) is 0 Å². The Bertz CT molecular complexity index is 1420. The zero-order chi connectivity index (χ0) is 24.6. The molecule has 0 spiro atoms. The Labute approximate surface area is 217 Å². The number of morpholine rings is 1. The summed E-state index contributed by atoms with van der Waals surface area (Å²) in [5.41, 5.74) is 3.00. The molecule has 2 fully saturated rings. The fraction of sp³-hybridized carbons (Fsp3) is 0.308. The van der Waals surface area contributed by atoms with Gasteiger partial charge in [0, 0.05) is 12.8 Å². The minimum atomic E-state index is 0.00878. The minimum Gasteiger partial charge on any atom is -0.474 e. The number of fused-ring (bicyclic) bond motifs is 3. The van der Waals surface area contributed by atoms with Crippen molar-refractivity contribution in [2.75, 3.05) is 23.4 Å². The third kappa shape index (κ3) is 4.32. The molecular weight excluding hydrogens is 496 g/mol. The van der Waals surface area contributed by atoms with E-state index in [0.29, 0.717) is 41.2 Å². The highest BCUT2D eigenvalue weighted by atomic mass is 35.5. The molecule has 1 N–H and O–H groups in total. The number of rotatable bonds is 5. The Hall–Kier alpha value is -3.45. The van der Waals surface area contributed by atoms with Gasteiger partial charge in [0.25, 0.3) is 0 Å². The van der Waals surface area contributed by atoms with Crippen LogP contribution in [0.3, 0.4) is 0 Å². The summed E-state index contributed by atoms with van der Waals surface area (Å²) < 4.78 is 13.6. The Balaban J connectivity index is 1.20. The first-order valence-electron chi connectivity index (χ1n) is 11.8. The number of hydrogen-bond acceptors (Lipinski definition) is 9. The van der Waals surface area contributed by atoms with Crippen molar-refractivity contribution in [3.63, 3.8) is 0 Å². The number of halogens is 1. The van der Waals surface area contributed by atoms with E-state index < -0.39 is 0 Å². The lowest BCUT2D eigenvalue weighted by Gasteiger charge is -2.48. The summed E-state index contributed by atoms with van der Waals surface area (Å²) >= 11 is 8.08. The molecule has 2 aliphatic rings. The maximum Gasteiger partial charge on any atom is 0.221 e. The number of nitrogens with zero attached hydrogens (tertiary/aromatic N) is 5. The molecule has 6 rings (SSSR count). The molecule has 2 atom stereocenters. The molecule has 2 aromatic carbocycles. The van der Waals surface area contributed by atoms with E-state index in [0.717, 1.165) is 29.1 Å². The van der Waals surface area contributed by atoms with E-state index >= 15 is 0 Å². The van der Waals surface area contributed by atoms with Crippen LogP contribution in [0.25, 0.3) is 10.2 Å². The quantitative estimate of drug-likeness (QED) is 0.371. The lowest BCUT2D eigenvalue weighted by atomic mass is 9.92. The largest absolute Gasteiger partial charge is 0.474 e. The third-order valence-corrected chi connectivity index (χ3v) is 8.01. The van der Waals surface area contributed by atoms with Crippen LogP contribution in [0.5, 0.6) is 5.88 Å². The Kier molecular flexibility index (Phi) is 6.09. The predicted molar refractivity (Wildman–Crippen MR) is 140 cm³/mol. The molecule has 2 unspecified atom stereocenters. The van der Waals surface area contributed by atoms with E-state index in [1.54, 1.807) is 29.5 Å². The molecule has 182 valence electrons. The van der Waals surface area contributed by atoms with Crippen LogP contribution in [0.2, 0.25) is 5.02 Å². The van der Waals surface area contributed by atoms with E-state index in [-0.39, 0.29) is 18.2 Å². The summed E-state index contributed by atoms with van der Waals surface area (Å²) in [6.07, 6.45) is 3.14. The molecule has 2 bridgehead atoms. The van der Waals surface area contributed by atoms with Crippen molar-refractivity contribution >= 4 is 49.8 Å². The van der Waals surface area contributed by atoms with Gasteiger partial charge in [-0.3, -0.25) is 0 Å². The lowest BCUT2D eigenvalue weighted by Crippen LogP contribution is -2.59. The fourth-order valence-corrected chi connectivity index (χ4v) is 6.23. The molecule has 36 heavy (non-hydrogen) atoms. The zero-order valence-corrected chi connectivity index (χ0v) is 21.1. The monoisotopic (exact) mass is 518 g/mol. The van der Waals surface area contributed by atoms with Crippen molar-refractivity contribution in [2.45, 2.75) is 38.0 Å². The number of nitrogens with one attached hydrogen (secondary N) is 1. The molecule has 2 aliphatic heterocycles. The van der Waals surface area contributed by atoms with Gasteiger partial charge in [-0.25, -0.2) is 15.0 Å². The number of nitriles is 1. The zero-order valence-electron chi connectivity index (χ0n) is 19.5. The van der Waals surface area contributed by atoms with E-state index in [1.807, 2.05) is 13.0 Å². The van der Waals surface area contributed by atoms with Crippen molar-refractivity contribution in [1.82, 2.24) is 15.0 Å². The highest BCUT2D eigenvalue weighted by Gasteiger charge is 2.41. The van der Waals surface area contributed by atoms with Crippen molar-refractivity contribution in [1.29, 1.82) is 5.26 Å². The number of aromatic nitrogens is 3. The predicted octanol–water partition coefficient (Wildman–Crippen LogP) is 5.48. The summed E-state index contributed by atoms with van der Waals surface area (Å²) in [6.45, 7) is 3.23. The standard InChI is InChI=1S/C26H23ClN6O2S/c1-15-24(31-21-7-6-16(11-28)8-20(21)27)29-14-30-25(15)35-19-9-17-12-34-13-18(10-19)33(17)26-32-22-4-2-3-5-23(22)36-26/h2-8,14,17-19H,9-10,12-13H2,1H3,(H,29,30,31). The molecular formula is C26H23ClN6O2S. The van der Waals surface area contributed by atoms with Gasteiger partial charge in [-0.2, -0.15) is 5.26 Å². The number of piperidine rings is 1. The summed E-state index contributed by atoms with van der Waals surface area (Å²) in [6, 6.07) is 15.8. The summed E-state index contributed by atoms with van der Waals surface area (Å²) in [4.78, 5) is 16.1. The third-order valence-electron chi connectivity index (χ3n) is 6.65. The normalized spacial score (nSPS) is 21.2. The maximum absolute atomic E-state index is 9.07. The Morgan fingerprint density at radius 3 is 2.72 bits per heavy atom. The average molecular weight is 519 g/mol. The molecule has 10 heteroatoms. The van der Waals surface area contributed by atoms with Crippen molar-refractivity contribution in [3.05, 3.63) is 64.9 Å². The van der Waals surface area contributed by atoms with Gasteiger partial charge < -0.3 is 19.7 Å². The second-order valence-electron chi connectivity index (χ2n) is 9.01. The molecule has 0 saturated carbocycles. The fourth-order valence-electron chi connectivity index (χ4n) is 4.89. The molecule has 2 saturated heterocycles. The van der Waals surface area contributed by atoms with E-state index in [9.17, 15) is 0 Å². The van der Waals surface area contributed by atoms with Gasteiger partial charge >= 0.3 is 0 Å². The van der Waals surface area contributed by atoms with E-state index in [4.69, 9.17) is 31.3 Å². The van der Waals surface area contributed by atoms with Crippen LogP contribution in [-0.2, 0) is 4.74 Å². The Morgan fingerprint density at radius 2 is 1.97 bits per heavy atom. The molecule has 4 heterocycles. The maximum atomic E-state index is 9.07. The average Bonchev–Trinajstić information content (AvgIpc) is 3.31. The van der Waals surface area contributed by atoms with Crippen LogP contribution in [-0.4, -0.2) is 46.4 Å². The summed E-state index contributed by atoms with van der Waals surface area (Å²) in [5.74, 6) is 1.16. The summed E-state index contributed by atoms with van der Waals surface area (Å²) in [7, 11) is 0. The molecule has 0 amide bonds. The van der Waals surface area contributed by atoms with Crippen LogP contribution in [0.15, 0.2) is 48.8 Å². The molecule has 0 radical (unpaired) electrons. The number of benzene rings is 2. The van der Waals surface area contributed by atoms with Gasteiger partial charge in [0.2, 0.25) is 5.88 Å². The van der Waals surface area contributed by atoms with E-state index in [1.165, 1.54) is 11.0 Å². The van der Waals surface area contributed by atoms with Crippen molar-refractivity contribution in [3.8, 4) is 11.9 Å². The van der Waals surface area contributed by atoms with Crippen LogP contribution in [0.4, 0.5) is 16.6 Å². The van der Waals surface area contributed by atoms with Gasteiger partial charge in [-0.05, 0) is 37.3 Å². The van der Waals surface area contributed by atoms with Crippen LogP contribution < -0.4 is 15.0 Å². The van der Waals surface area contributed by atoms with Gasteiger partial charge in [-0.1, -0.05) is 35.1 Å². The second kappa shape index (κ2) is 9.54.